The van der Waals surface area contributed by atoms with Crippen molar-refractivity contribution in [2.24, 2.45) is 17.6 Å². The topological polar surface area (TPSA) is 55.1 Å². The van der Waals surface area contributed by atoms with Gasteiger partial charge in [-0.05, 0) is 43.1 Å². The number of nitrogens with one attached hydrogen (secondary N) is 1. The first-order chi connectivity index (χ1) is 9.22. The number of rotatable bonds is 4. The first-order valence-corrected chi connectivity index (χ1v) is 7.32. The van der Waals surface area contributed by atoms with Gasteiger partial charge < -0.3 is 11.1 Å². The third-order valence-corrected chi connectivity index (χ3v) is 4.70. The van der Waals surface area contributed by atoms with E-state index in [-0.39, 0.29) is 5.91 Å². The van der Waals surface area contributed by atoms with Crippen LogP contribution in [0.3, 0.4) is 0 Å². The Morgan fingerprint density at radius 1 is 1.26 bits per heavy atom. The number of carbonyl (C=O) groups is 1. The SMILES string of the molecule is N[C@@H](Cc1ccccc1)C(=O)NC1CC2CCC1C2. The molecule has 2 fully saturated rings. The average molecular weight is 258 g/mol. The van der Waals surface area contributed by atoms with Crippen molar-refractivity contribution in [1.82, 2.24) is 5.32 Å². The Morgan fingerprint density at radius 3 is 2.68 bits per heavy atom. The van der Waals surface area contributed by atoms with E-state index < -0.39 is 6.04 Å². The largest absolute Gasteiger partial charge is 0.352 e. The lowest BCUT2D eigenvalue weighted by Gasteiger charge is -2.24. The number of hydrogen-bond acceptors (Lipinski definition) is 2. The standard InChI is InChI=1S/C16H22N2O/c17-14(9-11-4-2-1-3-5-11)16(19)18-15-10-12-6-7-13(15)8-12/h1-5,12-15H,6-10,17H2,(H,18,19)/t12?,13?,14-,15?/m0/s1. The summed E-state index contributed by atoms with van der Waals surface area (Å²) in [5, 5.41) is 3.17. The highest BCUT2D eigenvalue weighted by Crippen LogP contribution is 2.44. The van der Waals surface area contributed by atoms with Crippen LogP contribution in [-0.4, -0.2) is 18.0 Å². The number of carbonyl (C=O) groups excluding carboxylic acids is 1. The molecule has 0 aromatic heterocycles. The van der Waals surface area contributed by atoms with Crippen molar-refractivity contribution in [2.45, 2.75) is 44.2 Å². The smallest absolute Gasteiger partial charge is 0.237 e. The van der Waals surface area contributed by atoms with Gasteiger partial charge in [-0.1, -0.05) is 36.8 Å². The fourth-order valence-electron chi connectivity index (χ4n) is 3.67. The maximum Gasteiger partial charge on any atom is 0.237 e. The molecule has 2 saturated carbocycles. The molecule has 3 heteroatoms. The van der Waals surface area contributed by atoms with Crippen molar-refractivity contribution >= 4 is 5.91 Å². The number of benzene rings is 1. The van der Waals surface area contributed by atoms with Crippen LogP contribution in [0.5, 0.6) is 0 Å². The molecule has 3 rings (SSSR count). The highest BCUT2D eigenvalue weighted by Gasteiger charge is 2.40. The molecule has 2 aliphatic rings. The van der Waals surface area contributed by atoms with E-state index >= 15 is 0 Å². The predicted molar refractivity (Wildman–Crippen MR) is 75.5 cm³/mol. The van der Waals surface area contributed by atoms with E-state index in [1.165, 1.54) is 19.3 Å². The van der Waals surface area contributed by atoms with Crippen molar-refractivity contribution in [1.29, 1.82) is 0 Å². The van der Waals surface area contributed by atoms with Gasteiger partial charge in [0.1, 0.15) is 0 Å². The second-order valence-electron chi connectivity index (χ2n) is 6.09. The van der Waals surface area contributed by atoms with Crippen LogP contribution in [0.15, 0.2) is 30.3 Å². The fraction of sp³-hybridized carbons (Fsp3) is 0.562. The summed E-state index contributed by atoms with van der Waals surface area (Å²) < 4.78 is 0. The van der Waals surface area contributed by atoms with Crippen molar-refractivity contribution in [3.63, 3.8) is 0 Å². The Bertz CT molecular complexity index is 445. The molecule has 1 aromatic carbocycles. The third-order valence-electron chi connectivity index (χ3n) is 4.70. The quantitative estimate of drug-likeness (QED) is 0.866. The Balaban J connectivity index is 1.53. The van der Waals surface area contributed by atoms with Gasteiger partial charge in [-0.15, -0.1) is 0 Å². The Hall–Kier alpha value is -1.35. The summed E-state index contributed by atoms with van der Waals surface area (Å²) in [5.41, 5.74) is 7.14. The minimum atomic E-state index is -0.429. The van der Waals surface area contributed by atoms with Gasteiger partial charge in [-0.3, -0.25) is 4.79 Å². The van der Waals surface area contributed by atoms with Gasteiger partial charge in [0, 0.05) is 6.04 Å². The van der Waals surface area contributed by atoms with E-state index in [9.17, 15) is 4.79 Å². The molecule has 3 nitrogen and oxygen atoms in total. The Kier molecular flexibility index (Phi) is 3.56. The summed E-state index contributed by atoms with van der Waals surface area (Å²) in [6.07, 6.45) is 5.72. The molecule has 0 radical (unpaired) electrons. The molecule has 2 bridgehead atoms. The van der Waals surface area contributed by atoms with Crippen LogP contribution in [-0.2, 0) is 11.2 Å². The predicted octanol–water partition coefficient (Wildman–Crippen LogP) is 1.86. The first kappa shape index (κ1) is 12.7. The van der Waals surface area contributed by atoms with Crippen molar-refractivity contribution in [3.8, 4) is 0 Å². The van der Waals surface area contributed by atoms with Gasteiger partial charge in [-0.2, -0.15) is 0 Å². The van der Waals surface area contributed by atoms with E-state index in [0.29, 0.717) is 18.4 Å². The molecule has 1 amide bonds. The Labute approximate surface area is 114 Å². The molecular formula is C16H22N2O. The molecule has 0 aliphatic heterocycles. The fourth-order valence-corrected chi connectivity index (χ4v) is 3.67. The van der Waals surface area contributed by atoms with E-state index in [1.807, 2.05) is 30.3 Å². The molecule has 102 valence electrons. The van der Waals surface area contributed by atoms with Crippen LogP contribution in [0.1, 0.15) is 31.2 Å². The highest BCUT2D eigenvalue weighted by molar-refractivity contribution is 5.82. The van der Waals surface area contributed by atoms with Crippen LogP contribution in [0.2, 0.25) is 0 Å². The van der Waals surface area contributed by atoms with Crippen molar-refractivity contribution < 1.29 is 4.79 Å². The van der Waals surface area contributed by atoms with Crippen molar-refractivity contribution in [2.75, 3.05) is 0 Å². The molecule has 0 spiro atoms. The summed E-state index contributed by atoms with van der Waals surface area (Å²) >= 11 is 0. The van der Waals surface area contributed by atoms with Crippen LogP contribution in [0.4, 0.5) is 0 Å². The zero-order valence-electron chi connectivity index (χ0n) is 11.2. The minimum Gasteiger partial charge on any atom is -0.352 e. The molecule has 2 aliphatic carbocycles. The molecule has 0 heterocycles. The summed E-state index contributed by atoms with van der Waals surface area (Å²) in [6, 6.07) is 9.93. The van der Waals surface area contributed by atoms with E-state index in [4.69, 9.17) is 5.73 Å². The number of amides is 1. The van der Waals surface area contributed by atoms with Crippen LogP contribution >= 0.6 is 0 Å². The van der Waals surface area contributed by atoms with E-state index in [2.05, 4.69) is 5.32 Å². The van der Waals surface area contributed by atoms with Gasteiger partial charge in [0.05, 0.1) is 6.04 Å². The molecule has 3 N–H and O–H groups in total. The van der Waals surface area contributed by atoms with Gasteiger partial charge in [0.25, 0.3) is 0 Å². The molecule has 0 saturated heterocycles. The summed E-state index contributed by atoms with van der Waals surface area (Å²) in [7, 11) is 0. The van der Waals surface area contributed by atoms with Gasteiger partial charge in [-0.25, -0.2) is 0 Å². The maximum atomic E-state index is 12.1. The molecule has 3 unspecified atom stereocenters. The molecule has 1 aromatic rings. The highest BCUT2D eigenvalue weighted by atomic mass is 16.2. The first-order valence-electron chi connectivity index (χ1n) is 7.32. The van der Waals surface area contributed by atoms with E-state index in [1.54, 1.807) is 0 Å². The lowest BCUT2D eigenvalue weighted by molar-refractivity contribution is -0.123. The molecular weight excluding hydrogens is 236 g/mol. The zero-order chi connectivity index (χ0) is 13.2. The second-order valence-corrected chi connectivity index (χ2v) is 6.09. The van der Waals surface area contributed by atoms with Gasteiger partial charge in [0.2, 0.25) is 5.91 Å². The maximum absolute atomic E-state index is 12.1. The van der Waals surface area contributed by atoms with Gasteiger partial charge in [0.15, 0.2) is 0 Å². The minimum absolute atomic E-state index is 0.0152. The number of nitrogens with two attached hydrogens (primary N) is 1. The third kappa shape index (κ3) is 2.81. The summed E-state index contributed by atoms with van der Waals surface area (Å²) in [6.45, 7) is 0. The Morgan fingerprint density at radius 2 is 2.05 bits per heavy atom. The molecule has 19 heavy (non-hydrogen) atoms. The van der Waals surface area contributed by atoms with Crippen LogP contribution in [0, 0.1) is 11.8 Å². The summed E-state index contributed by atoms with van der Waals surface area (Å²) in [4.78, 5) is 12.1. The monoisotopic (exact) mass is 258 g/mol. The second kappa shape index (κ2) is 5.33. The summed E-state index contributed by atoms with van der Waals surface area (Å²) in [5.74, 6) is 1.57. The van der Waals surface area contributed by atoms with Crippen LogP contribution in [0.25, 0.3) is 0 Å². The lowest BCUT2D eigenvalue weighted by Crippen LogP contribution is -2.48. The average Bonchev–Trinajstić information content (AvgIpc) is 3.02. The number of hydrogen-bond donors (Lipinski definition) is 2. The van der Waals surface area contributed by atoms with Crippen molar-refractivity contribution in [3.05, 3.63) is 35.9 Å². The zero-order valence-corrected chi connectivity index (χ0v) is 11.2. The number of fused-ring (bicyclic) bond motifs is 2. The lowest BCUT2D eigenvalue weighted by atomic mass is 9.95. The van der Waals surface area contributed by atoms with E-state index in [0.717, 1.165) is 17.9 Å². The normalized spacial score (nSPS) is 30.3. The van der Waals surface area contributed by atoms with Gasteiger partial charge >= 0.3 is 0 Å². The molecule has 4 atom stereocenters. The van der Waals surface area contributed by atoms with Crippen LogP contribution < -0.4 is 11.1 Å².